The first-order valence-corrected chi connectivity index (χ1v) is 5.43. The van der Waals surface area contributed by atoms with Gasteiger partial charge in [-0.1, -0.05) is 28.1 Å². The maximum absolute atomic E-state index is 4.03. The van der Waals surface area contributed by atoms with Crippen LogP contribution in [0.3, 0.4) is 0 Å². The lowest BCUT2D eigenvalue weighted by molar-refractivity contribution is 0.664. The molecule has 0 fully saturated rings. The average Bonchev–Trinajstić information content (AvgIpc) is 2.71. The van der Waals surface area contributed by atoms with E-state index in [0.29, 0.717) is 6.54 Å². The van der Waals surface area contributed by atoms with Crippen LogP contribution in [0.5, 0.6) is 0 Å². The molecule has 0 bridgehead atoms. The number of hydrogen-bond donors (Lipinski definition) is 2. The van der Waals surface area contributed by atoms with Crippen molar-refractivity contribution in [2.45, 2.75) is 13.1 Å². The molecule has 1 aromatic carbocycles. The zero-order chi connectivity index (χ0) is 10.5. The van der Waals surface area contributed by atoms with Crippen molar-refractivity contribution in [1.29, 1.82) is 0 Å². The predicted molar refractivity (Wildman–Crippen MR) is 61.1 cm³/mol. The van der Waals surface area contributed by atoms with Gasteiger partial charge in [0.15, 0.2) is 0 Å². The highest BCUT2D eigenvalue weighted by Crippen LogP contribution is 2.11. The Hall–Kier alpha value is -1.20. The van der Waals surface area contributed by atoms with Crippen molar-refractivity contribution in [3.63, 3.8) is 0 Å². The highest BCUT2D eigenvalue weighted by molar-refractivity contribution is 9.10. The maximum Gasteiger partial charge on any atom is 0.138 e. The van der Waals surface area contributed by atoms with Crippen LogP contribution in [0.2, 0.25) is 0 Å². The monoisotopic (exact) mass is 266 g/mol. The molecule has 0 unspecified atom stereocenters. The lowest BCUT2D eigenvalue weighted by Crippen LogP contribution is -2.13. The van der Waals surface area contributed by atoms with Crippen LogP contribution in [-0.2, 0) is 13.1 Å². The second-order valence-corrected chi connectivity index (χ2v) is 4.08. The zero-order valence-electron chi connectivity index (χ0n) is 8.07. The second-order valence-electron chi connectivity index (χ2n) is 3.17. The number of aromatic amines is 1. The van der Waals surface area contributed by atoms with Crippen molar-refractivity contribution in [1.82, 2.24) is 20.5 Å². The molecule has 4 nitrogen and oxygen atoms in total. The number of H-pyrrole nitrogens is 1. The van der Waals surface area contributed by atoms with Crippen LogP contribution in [0.1, 0.15) is 11.4 Å². The molecule has 78 valence electrons. The van der Waals surface area contributed by atoms with Crippen molar-refractivity contribution in [2.24, 2.45) is 0 Å². The molecule has 1 aromatic heterocycles. The molecular weight excluding hydrogens is 256 g/mol. The molecule has 0 aliphatic rings. The molecule has 0 saturated heterocycles. The molecule has 0 saturated carbocycles. The Morgan fingerprint density at radius 2 is 2.27 bits per heavy atom. The second kappa shape index (κ2) is 5.04. The molecule has 15 heavy (non-hydrogen) atoms. The molecule has 0 aliphatic heterocycles. The molecule has 2 rings (SSSR count). The highest BCUT2D eigenvalue weighted by atomic mass is 79.9. The molecular formula is C10H11BrN4. The van der Waals surface area contributed by atoms with Crippen LogP contribution in [0.4, 0.5) is 0 Å². The minimum Gasteiger partial charge on any atom is -0.306 e. The van der Waals surface area contributed by atoms with Crippen LogP contribution in [0, 0.1) is 0 Å². The number of halogens is 1. The van der Waals surface area contributed by atoms with Gasteiger partial charge in [0, 0.05) is 11.0 Å². The predicted octanol–water partition coefficient (Wildman–Crippen LogP) is 1.86. The van der Waals surface area contributed by atoms with Gasteiger partial charge in [-0.3, -0.25) is 5.10 Å². The number of nitrogens with zero attached hydrogens (tertiary/aromatic N) is 2. The van der Waals surface area contributed by atoms with Gasteiger partial charge in [0.25, 0.3) is 0 Å². The summed E-state index contributed by atoms with van der Waals surface area (Å²) in [6.07, 6.45) is 1.51. The first kappa shape index (κ1) is 10.3. The fourth-order valence-corrected chi connectivity index (χ4v) is 1.73. The van der Waals surface area contributed by atoms with E-state index in [1.807, 2.05) is 12.1 Å². The first-order valence-electron chi connectivity index (χ1n) is 4.64. The molecule has 0 atom stereocenters. The van der Waals surface area contributed by atoms with Gasteiger partial charge in [-0.2, -0.15) is 5.10 Å². The van der Waals surface area contributed by atoms with Crippen LogP contribution in [-0.4, -0.2) is 15.2 Å². The molecule has 2 aromatic rings. The van der Waals surface area contributed by atoms with E-state index in [1.54, 1.807) is 0 Å². The third kappa shape index (κ3) is 3.14. The molecule has 0 radical (unpaired) electrons. The third-order valence-corrected chi connectivity index (χ3v) is 2.47. The van der Waals surface area contributed by atoms with Crippen molar-refractivity contribution >= 4 is 15.9 Å². The Labute approximate surface area is 96.3 Å². The Bertz CT molecular complexity index is 413. The van der Waals surface area contributed by atoms with Gasteiger partial charge in [0.05, 0.1) is 6.54 Å². The minimum atomic E-state index is 0.701. The van der Waals surface area contributed by atoms with Gasteiger partial charge in [0.2, 0.25) is 0 Å². The van der Waals surface area contributed by atoms with Crippen molar-refractivity contribution in [2.75, 3.05) is 0 Å². The van der Waals surface area contributed by atoms with Crippen LogP contribution >= 0.6 is 15.9 Å². The third-order valence-electron chi connectivity index (χ3n) is 1.98. The van der Waals surface area contributed by atoms with Crippen molar-refractivity contribution < 1.29 is 0 Å². The Kier molecular flexibility index (Phi) is 3.47. The molecule has 0 spiro atoms. The number of rotatable bonds is 4. The zero-order valence-corrected chi connectivity index (χ0v) is 9.66. The van der Waals surface area contributed by atoms with E-state index in [1.165, 1.54) is 11.9 Å². The highest BCUT2D eigenvalue weighted by Gasteiger charge is 1.96. The number of hydrogen-bond acceptors (Lipinski definition) is 3. The lowest BCUT2D eigenvalue weighted by atomic mass is 10.2. The summed E-state index contributed by atoms with van der Waals surface area (Å²) in [5.41, 5.74) is 1.24. The van der Waals surface area contributed by atoms with Gasteiger partial charge >= 0.3 is 0 Å². The quantitative estimate of drug-likeness (QED) is 0.889. The summed E-state index contributed by atoms with van der Waals surface area (Å²) in [5, 5.41) is 9.86. The SMILES string of the molecule is Brc1cccc(CNCc2ncn[nH]2)c1. The first-order chi connectivity index (χ1) is 7.34. The van der Waals surface area contributed by atoms with Gasteiger partial charge in [0.1, 0.15) is 12.2 Å². The normalized spacial score (nSPS) is 10.5. The summed E-state index contributed by atoms with van der Waals surface area (Å²) in [6, 6.07) is 8.21. The van der Waals surface area contributed by atoms with Crippen LogP contribution in [0.15, 0.2) is 35.1 Å². The lowest BCUT2D eigenvalue weighted by Gasteiger charge is -2.02. The summed E-state index contributed by atoms with van der Waals surface area (Å²) in [4.78, 5) is 4.03. The number of aromatic nitrogens is 3. The summed E-state index contributed by atoms with van der Waals surface area (Å²) in [5.74, 6) is 0.852. The number of benzene rings is 1. The fourth-order valence-electron chi connectivity index (χ4n) is 1.29. The Balaban J connectivity index is 1.83. The number of nitrogens with one attached hydrogen (secondary N) is 2. The summed E-state index contributed by atoms with van der Waals surface area (Å²) < 4.78 is 1.10. The van der Waals surface area contributed by atoms with Crippen LogP contribution in [0.25, 0.3) is 0 Å². The summed E-state index contributed by atoms with van der Waals surface area (Å²) >= 11 is 3.44. The van der Waals surface area contributed by atoms with Gasteiger partial charge in [-0.15, -0.1) is 0 Å². The maximum atomic E-state index is 4.03. The smallest absolute Gasteiger partial charge is 0.138 e. The van der Waals surface area contributed by atoms with Crippen molar-refractivity contribution in [3.05, 3.63) is 46.5 Å². The summed E-state index contributed by atoms with van der Waals surface area (Å²) in [6.45, 7) is 1.52. The Morgan fingerprint density at radius 3 is 3.00 bits per heavy atom. The van der Waals surface area contributed by atoms with E-state index < -0.39 is 0 Å². The van der Waals surface area contributed by atoms with E-state index in [9.17, 15) is 0 Å². The van der Waals surface area contributed by atoms with E-state index in [2.05, 4.69) is 48.6 Å². The molecule has 5 heteroatoms. The Morgan fingerprint density at radius 1 is 1.33 bits per heavy atom. The van der Waals surface area contributed by atoms with Gasteiger partial charge in [-0.05, 0) is 17.7 Å². The average molecular weight is 267 g/mol. The summed E-state index contributed by atoms with van der Waals surface area (Å²) in [7, 11) is 0. The molecule has 2 N–H and O–H groups in total. The van der Waals surface area contributed by atoms with Gasteiger partial charge < -0.3 is 5.32 Å². The largest absolute Gasteiger partial charge is 0.306 e. The molecule has 0 aliphatic carbocycles. The topological polar surface area (TPSA) is 53.6 Å². The van der Waals surface area contributed by atoms with Crippen molar-refractivity contribution in [3.8, 4) is 0 Å². The standard InChI is InChI=1S/C10H11BrN4/c11-9-3-1-2-8(4-9)5-12-6-10-13-7-14-15-10/h1-4,7,12H,5-6H2,(H,13,14,15). The minimum absolute atomic E-state index is 0.701. The van der Waals surface area contributed by atoms with E-state index in [-0.39, 0.29) is 0 Å². The molecule has 1 heterocycles. The van der Waals surface area contributed by atoms with Gasteiger partial charge in [-0.25, -0.2) is 4.98 Å². The van der Waals surface area contributed by atoms with E-state index >= 15 is 0 Å². The molecule has 0 amide bonds. The van der Waals surface area contributed by atoms with Crippen LogP contribution < -0.4 is 5.32 Å². The van der Waals surface area contributed by atoms with E-state index in [4.69, 9.17) is 0 Å². The van der Waals surface area contributed by atoms with E-state index in [0.717, 1.165) is 16.8 Å². The fraction of sp³-hybridized carbons (Fsp3) is 0.200.